The Balaban J connectivity index is 1.51. The predicted octanol–water partition coefficient (Wildman–Crippen LogP) is 3.03. The third-order valence-electron chi connectivity index (χ3n) is 4.75. The van der Waals surface area contributed by atoms with Crippen LogP contribution in [-0.4, -0.2) is 40.6 Å². The quantitative estimate of drug-likeness (QED) is 0.835. The molecule has 6 nitrogen and oxygen atoms in total. The van der Waals surface area contributed by atoms with Gasteiger partial charge in [0.2, 0.25) is 5.89 Å². The Morgan fingerprint density at radius 1 is 1.28 bits per heavy atom. The van der Waals surface area contributed by atoms with Crippen LogP contribution in [-0.2, 0) is 11.2 Å². The largest absolute Gasteiger partial charge is 0.483 e. The van der Waals surface area contributed by atoms with Crippen LogP contribution in [0.3, 0.4) is 0 Å². The van der Waals surface area contributed by atoms with Gasteiger partial charge >= 0.3 is 0 Å². The van der Waals surface area contributed by atoms with E-state index >= 15 is 0 Å². The highest BCUT2D eigenvalue weighted by Gasteiger charge is 2.27. The van der Waals surface area contributed by atoms with Crippen molar-refractivity contribution >= 4 is 5.91 Å². The summed E-state index contributed by atoms with van der Waals surface area (Å²) in [5, 5.41) is 3.96. The molecule has 0 saturated carbocycles. The van der Waals surface area contributed by atoms with Crippen LogP contribution < -0.4 is 4.74 Å². The molecule has 0 N–H and O–H groups in total. The highest BCUT2D eigenvalue weighted by atomic mass is 16.5. The molecule has 1 aliphatic rings. The maximum absolute atomic E-state index is 12.4. The van der Waals surface area contributed by atoms with Gasteiger partial charge in [-0.3, -0.25) is 4.79 Å². The van der Waals surface area contributed by atoms with Gasteiger partial charge in [0.15, 0.2) is 12.4 Å². The summed E-state index contributed by atoms with van der Waals surface area (Å²) < 4.78 is 11.1. The van der Waals surface area contributed by atoms with E-state index in [0.29, 0.717) is 19.0 Å². The molecule has 1 saturated heterocycles. The summed E-state index contributed by atoms with van der Waals surface area (Å²) in [6.07, 6.45) is 2.47. The van der Waals surface area contributed by atoms with Gasteiger partial charge in [-0.15, -0.1) is 0 Å². The van der Waals surface area contributed by atoms with Crippen LogP contribution in [0.4, 0.5) is 0 Å². The average Bonchev–Trinajstić information content (AvgIpc) is 3.10. The average molecular weight is 343 g/mol. The fourth-order valence-corrected chi connectivity index (χ4v) is 3.20. The first-order valence-electron chi connectivity index (χ1n) is 8.87. The van der Waals surface area contributed by atoms with E-state index in [1.807, 2.05) is 43.9 Å². The van der Waals surface area contributed by atoms with Crippen LogP contribution in [0.25, 0.3) is 0 Å². The molecule has 0 bridgehead atoms. The van der Waals surface area contributed by atoms with Crippen LogP contribution in [0.15, 0.2) is 22.7 Å². The number of amides is 1. The highest BCUT2D eigenvalue weighted by molar-refractivity contribution is 5.78. The number of ether oxygens (including phenoxy) is 1. The third-order valence-corrected chi connectivity index (χ3v) is 4.75. The fourth-order valence-electron chi connectivity index (χ4n) is 3.20. The lowest BCUT2D eigenvalue weighted by atomic mass is 9.97. The number of rotatable bonds is 5. The molecular formula is C19H25N3O3. The van der Waals surface area contributed by atoms with Gasteiger partial charge in [0.05, 0.1) is 0 Å². The van der Waals surface area contributed by atoms with E-state index in [4.69, 9.17) is 9.26 Å². The Labute approximate surface area is 148 Å². The number of piperidine rings is 1. The van der Waals surface area contributed by atoms with Crippen molar-refractivity contribution in [3.8, 4) is 5.75 Å². The fraction of sp³-hybridized carbons (Fsp3) is 0.526. The van der Waals surface area contributed by atoms with Crippen molar-refractivity contribution in [2.24, 2.45) is 0 Å². The lowest BCUT2D eigenvalue weighted by Crippen LogP contribution is -2.40. The van der Waals surface area contributed by atoms with Crippen LogP contribution in [0, 0.1) is 13.8 Å². The summed E-state index contributed by atoms with van der Waals surface area (Å²) in [5.41, 5.74) is 2.10. The van der Waals surface area contributed by atoms with Crippen molar-refractivity contribution in [1.82, 2.24) is 15.0 Å². The molecule has 0 radical (unpaired) electrons. The number of aromatic nitrogens is 2. The summed E-state index contributed by atoms with van der Waals surface area (Å²) in [6.45, 7) is 7.47. The molecule has 134 valence electrons. The first-order chi connectivity index (χ1) is 12.1. The number of aryl methyl sites for hydroxylation is 3. The molecule has 0 unspecified atom stereocenters. The van der Waals surface area contributed by atoms with Crippen molar-refractivity contribution in [2.75, 3.05) is 19.7 Å². The number of hydrogen-bond donors (Lipinski definition) is 0. The van der Waals surface area contributed by atoms with E-state index in [9.17, 15) is 4.79 Å². The Bertz CT molecular complexity index is 713. The zero-order chi connectivity index (χ0) is 17.8. The second kappa shape index (κ2) is 7.68. The minimum Gasteiger partial charge on any atom is -0.483 e. The van der Waals surface area contributed by atoms with E-state index in [-0.39, 0.29) is 18.4 Å². The van der Waals surface area contributed by atoms with Crippen molar-refractivity contribution in [3.63, 3.8) is 0 Å². The molecule has 0 atom stereocenters. The number of nitrogens with zero attached hydrogens (tertiary/aromatic N) is 3. The molecule has 1 aromatic heterocycles. The van der Waals surface area contributed by atoms with E-state index in [0.717, 1.165) is 42.0 Å². The molecule has 0 spiro atoms. The Morgan fingerprint density at radius 3 is 2.56 bits per heavy atom. The predicted molar refractivity (Wildman–Crippen MR) is 93.6 cm³/mol. The minimum absolute atomic E-state index is 0.0286. The number of hydrogen-bond acceptors (Lipinski definition) is 5. The van der Waals surface area contributed by atoms with Gasteiger partial charge in [0.1, 0.15) is 5.75 Å². The minimum atomic E-state index is 0.0286. The summed E-state index contributed by atoms with van der Waals surface area (Å²) in [6, 6.07) is 5.98. The molecule has 25 heavy (non-hydrogen) atoms. The van der Waals surface area contributed by atoms with Gasteiger partial charge in [-0.2, -0.15) is 4.98 Å². The molecule has 1 aromatic carbocycles. The molecule has 3 rings (SSSR count). The molecule has 1 aliphatic heterocycles. The first-order valence-corrected chi connectivity index (χ1v) is 8.87. The van der Waals surface area contributed by atoms with Crippen molar-refractivity contribution in [2.45, 2.75) is 46.0 Å². The van der Waals surface area contributed by atoms with Gasteiger partial charge in [-0.25, -0.2) is 0 Å². The van der Waals surface area contributed by atoms with Gasteiger partial charge < -0.3 is 14.2 Å². The van der Waals surface area contributed by atoms with E-state index < -0.39 is 0 Å². The molecule has 6 heteroatoms. The van der Waals surface area contributed by atoms with Gasteiger partial charge in [0, 0.05) is 25.4 Å². The maximum Gasteiger partial charge on any atom is 0.260 e. The van der Waals surface area contributed by atoms with Gasteiger partial charge in [0.25, 0.3) is 5.91 Å². The molecule has 2 heterocycles. The zero-order valence-corrected chi connectivity index (χ0v) is 15.1. The summed E-state index contributed by atoms with van der Waals surface area (Å²) in [4.78, 5) is 18.7. The van der Waals surface area contributed by atoms with Crippen LogP contribution in [0.5, 0.6) is 5.75 Å². The monoisotopic (exact) mass is 343 g/mol. The number of benzene rings is 1. The first kappa shape index (κ1) is 17.5. The third kappa shape index (κ3) is 4.00. The number of carbonyl (C=O) groups excluding carboxylic acids is 1. The van der Waals surface area contributed by atoms with Crippen molar-refractivity contribution in [1.29, 1.82) is 0 Å². The molecule has 1 amide bonds. The molecule has 2 aromatic rings. The topological polar surface area (TPSA) is 68.5 Å². The van der Waals surface area contributed by atoms with E-state index in [1.54, 1.807) is 0 Å². The normalized spacial score (nSPS) is 15.4. The number of para-hydroxylation sites is 1. The maximum atomic E-state index is 12.4. The van der Waals surface area contributed by atoms with Crippen LogP contribution in [0.1, 0.15) is 48.5 Å². The second-order valence-electron chi connectivity index (χ2n) is 6.57. The smallest absolute Gasteiger partial charge is 0.260 e. The molecule has 0 aliphatic carbocycles. The SMILES string of the molecule is CCc1noc(C2CCN(C(=O)COc3c(C)cccc3C)CC2)n1. The van der Waals surface area contributed by atoms with E-state index in [1.165, 1.54) is 0 Å². The lowest BCUT2D eigenvalue weighted by molar-refractivity contribution is -0.134. The Hall–Kier alpha value is -2.37. The second-order valence-corrected chi connectivity index (χ2v) is 6.57. The van der Waals surface area contributed by atoms with Gasteiger partial charge in [-0.05, 0) is 37.8 Å². The Kier molecular flexibility index (Phi) is 5.36. The zero-order valence-electron chi connectivity index (χ0n) is 15.1. The summed E-state index contributed by atoms with van der Waals surface area (Å²) in [7, 11) is 0. The summed E-state index contributed by atoms with van der Waals surface area (Å²) in [5.74, 6) is 2.53. The lowest BCUT2D eigenvalue weighted by Gasteiger charge is -2.30. The number of carbonyl (C=O) groups is 1. The summed E-state index contributed by atoms with van der Waals surface area (Å²) >= 11 is 0. The van der Waals surface area contributed by atoms with Crippen LogP contribution >= 0.6 is 0 Å². The van der Waals surface area contributed by atoms with Crippen LogP contribution in [0.2, 0.25) is 0 Å². The van der Waals surface area contributed by atoms with Crippen molar-refractivity contribution < 1.29 is 14.1 Å². The van der Waals surface area contributed by atoms with Gasteiger partial charge in [-0.1, -0.05) is 30.3 Å². The Morgan fingerprint density at radius 2 is 1.96 bits per heavy atom. The highest BCUT2D eigenvalue weighted by Crippen LogP contribution is 2.27. The van der Waals surface area contributed by atoms with E-state index in [2.05, 4.69) is 10.1 Å². The molecule has 1 fully saturated rings. The van der Waals surface area contributed by atoms with Crippen molar-refractivity contribution in [3.05, 3.63) is 41.0 Å². The standard InChI is InChI=1S/C19H25N3O3/c1-4-16-20-19(25-21-16)15-8-10-22(11-9-15)17(23)12-24-18-13(2)6-5-7-14(18)3/h5-7,15H,4,8-12H2,1-3H3. The number of likely N-dealkylation sites (tertiary alicyclic amines) is 1. The molecular weight excluding hydrogens is 318 g/mol.